The highest BCUT2D eigenvalue weighted by atomic mass is 32.1. The Labute approximate surface area is 113 Å². The number of nitrogens with one attached hydrogen (secondary N) is 1. The van der Waals surface area contributed by atoms with Crippen LogP contribution in [0, 0.1) is 0 Å². The Morgan fingerprint density at radius 1 is 1.50 bits per heavy atom. The van der Waals surface area contributed by atoms with Crippen LogP contribution in [0.2, 0.25) is 0 Å². The number of hydrogen-bond donors (Lipinski definition) is 1. The first-order valence-electron chi connectivity index (χ1n) is 5.27. The van der Waals surface area contributed by atoms with E-state index in [4.69, 9.17) is 0 Å². The Hall–Kier alpha value is -1.94. The van der Waals surface area contributed by atoms with Gasteiger partial charge in [-0.1, -0.05) is 0 Å². The number of aromatic nitrogens is 2. The summed E-state index contributed by atoms with van der Waals surface area (Å²) in [5.74, 6) is -0.882. The molecule has 2 aromatic rings. The van der Waals surface area contributed by atoms with E-state index in [0.29, 0.717) is 10.2 Å². The third-order valence-corrected chi connectivity index (χ3v) is 3.01. The zero-order chi connectivity index (χ0) is 14.8. The Kier molecular flexibility index (Phi) is 4.04. The largest absolute Gasteiger partial charge is 0.414 e. The van der Waals surface area contributed by atoms with Crippen molar-refractivity contribution < 1.29 is 22.8 Å². The van der Waals surface area contributed by atoms with Crippen molar-refractivity contribution in [2.45, 2.75) is 12.7 Å². The number of nitrogens with zero attached hydrogens (tertiary/aromatic N) is 2. The average molecular weight is 307 g/mol. The summed E-state index contributed by atoms with van der Waals surface area (Å²) in [4.78, 5) is 31.7. The van der Waals surface area contributed by atoms with Gasteiger partial charge < -0.3 is 0 Å². The van der Waals surface area contributed by atoms with Crippen LogP contribution in [0.1, 0.15) is 0 Å². The first-order valence-corrected chi connectivity index (χ1v) is 6.15. The molecule has 0 unspecified atom stereocenters. The number of halogens is 3. The van der Waals surface area contributed by atoms with Crippen molar-refractivity contribution in [2.75, 3.05) is 6.61 Å². The molecule has 2 rings (SSSR count). The summed E-state index contributed by atoms with van der Waals surface area (Å²) in [6.45, 7) is -2.08. The van der Waals surface area contributed by atoms with Crippen molar-refractivity contribution in [3.63, 3.8) is 0 Å². The predicted octanol–water partition coefficient (Wildman–Crippen LogP) is 1.07. The summed E-state index contributed by atoms with van der Waals surface area (Å²) >= 11 is 1.27. The molecule has 0 saturated carbocycles. The van der Waals surface area contributed by atoms with Crippen LogP contribution in [0.15, 0.2) is 22.6 Å². The fraction of sp³-hybridized carbons (Fsp3) is 0.300. The minimum Gasteiger partial charge on any atom is -0.289 e. The lowest BCUT2D eigenvalue weighted by atomic mass is 10.4. The molecule has 1 amide bonds. The van der Waals surface area contributed by atoms with Gasteiger partial charge >= 0.3 is 6.18 Å². The van der Waals surface area contributed by atoms with Crippen molar-refractivity contribution in [1.29, 1.82) is 0 Å². The van der Waals surface area contributed by atoms with Crippen LogP contribution in [0.25, 0.3) is 10.2 Å². The van der Waals surface area contributed by atoms with Gasteiger partial charge in [-0.15, -0.1) is 11.3 Å². The highest BCUT2D eigenvalue weighted by Crippen LogP contribution is 2.14. The number of rotatable bonds is 4. The number of carbonyl (C=O) groups excluding carboxylic acids is 1. The minimum absolute atomic E-state index is 0.349. The maximum absolute atomic E-state index is 11.9. The maximum Gasteiger partial charge on any atom is 0.414 e. The molecule has 2 aromatic heterocycles. The minimum atomic E-state index is -4.54. The van der Waals surface area contributed by atoms with Crippen LogP contribution in [0.3, 0.4) is 0 Å². The number of thiophene rings is 1. The van der Waals surface area contributed by atoms with Crippen LogP contribution in [-0.4, -0.2) is 28.2 Å². The molecule has 20 heavy (non-hydrogen) atoms. The molecule has 0 saturated heterocycles. The van der Waals surface area contributed by atoms with Crippen LogP contribution >= 0.6 is 11.3 Å². The number of alkyl halides is 3. The van der Waals surface area contributed by atoms with Gasteiger partial charge in [0.25, 0.3) is 11.5 Å². The lowest BCUT2D eigenvalue weighted by molar-refractivity contribution is -0.191. The van der Waals surface area contributed by atoms with Crippen LogP contribution in [0.5, 0.6) is 0 Å². The topological polar surface area (TPSA) is 73.2 Å². The zero-order valence-electron chi connectivity index (χ0n) is 9.81. The second-order valence-corrected chi connectivity index (χ2v) is 4.64. The maximum atomic E-state index is 11.9. The van der Waals surface area contributed by atoms with E-state index >= 15 is 0 Å². The summed E-state index contributed by atoms with van der Waals surface area (Å²) in [5.41, 5.74) is 1.17. The molecule has 0 atom stereocenters. The second-order valence-electron chi connectivity index (χ2n) is 3.75. The second kappa shape index (κ2) is 5.59. The normalized spacial score (nSPS) is 11.8. The molecule has 0 bridgehead atoms. The Morgan fingerprint density at radius 3 is 2.95 bits per heavy atom. The van der Waals surface area contributed by atoms with Gasteiger partial charge in [-0.3, -0.25) is 19.0 Å². The van der Waals surface area contributed by atoms with Crippen LogP contribution < -0.4 is 11.0 Å². The van der Waals surface area contributed by atoms with E-state index < -0.39 is 30.8 Å². The molecule has 0 aliphatic carbocycles. The van der Waals surface area contributed by atoms with Gasteiger partial charge in [0.05, 0.1) is 11.7 Å². The van der Waals surface area contributed by atoms with E-state index in [2.05, 4.69) is 9.82 Å². The highest BCUT2D eigenvalue weighted by molar-refractivity contribution is 7.16. The van der Waals surface area contributed by atoms with Crippen molar-refractivity contribution in [3.8, 4) is 0 Å². The number of hydrogen-bond acceptors (Lipinski definition) is 5. The molecule has 0 fully saturated rings. The van der Waals surface area contributed by atoms with Crippen LogP contribution in [-0.2, 0) is 16.2 Å². The Balaban J connectivity index is 1.99. The monoisotopic (exact) mass is 307 g/mol. The van der Waals surface area contributed by atoms with E-state index in [1.54, 1.807) is 16.9 Å². The van der Waals surface area contributed by atoms with Gasteiger partial charge in [0.15, 0.2) is 6.61 Å². The zero-order valence-corrected chi connectivity index (χ0v) is 10.6. The number of carbonyl (C=O) groups is 1. The molecule has 0 aliphatic heterocycles. The summed E-state index contributed by atoms with van der Waals surface area (Å²) in [6.07, 6.45) is -3.38. The molecule has 0 radical (unpaired) electrons. The molecule has 1 N–H and O–H groups in total. The molecule has 10 heteroatoms. The fourth-order valence-corrected chi connectivity index (χ4v) is 2.11. The molecule has 0 aliphatic rings. The SMILES string of the molecule is O=C(Cn1cnc2sccc2c1=O)NOCC(F)(F)F. The molecule has 0 spiro atoms. The van der Waals surface area contributed by atoms with E-state index in [1.165, 1.54) is 11.3 Å². The molecule has 0 aromatic carbocycles. The highest BCUT2D eigenvalue weighted by Gasteiger charge is 2.28. The molecular weight excluding hydrogens is 299 g/mol. The summed E-state index contributed by atoms with van der Waals surface area (Å²) in [5, 5.41) is 2.03. The van der Waals surface area contributed by atoms with Crippen molar-refractivity contribution in [3.05, 3.63) is 28.1 Å². The van der Waals surface area contributed by atoms with E-state index in [9.17, 15) is 22.8 Å². The molecule has 108 valence electrons. The van der Waals surface area contributed by atoms with Gasteiger partial charge in [-0.05, 0) is 11.4 Å². The molecular formula is C10H8F3N3O3S. The Morgan fingerprint density at radius 2 is 2.25 bits per heavy atom. The first-order chi connectivity index (χ1) is 9.37. The standard InChI is InChI=1S/C10H8F3N3O3S/c11-10(12,13)4-19-15-7(17)3-16-5-14-8-6(9(16)18)1-2-20-8/h1-2,5H,3-4H2,(H,15,17). The van der Waals surface area contributed by atoms with Crippen molar-refractivity contribution in [1.82, 2.24) is 15.0 Å². The quantitative estimate of drug-likeness (QED) is 0.858. The van der Waals surface area contributed by atoms with Gasteiger partial charge in [0.1, 0.15) is 11.4 Å². The number of fused-ring (bicyclic) bond motifs is 1. The summed E-state index contributed by atoms with van der Waals surface area (Å²) < 4.78 is 36.4. The van der Waals surface area contributed by atoms with Gasteiger partial charge in [0.2, 0.25) is 0 Å². The van der Waals surface area contributed by atoms with E-state index in [0.717, 1.165) is 10.9 Å². The van der Waals surface area contributed by atoms with Gasteiger partial charge in [-0.25, -0.2) is 10.5 Å². The molecule has 2 heterocycles. The number of amides is 1. The van der Waals surface area contributed by atoms with Crippen molar-refractivity contribution in [2.24, 2.45) is 0 Å². The summed E-state index contributed by atoms with van der Waals surface area (Å²) in [6, 6.07) is 1.56. The average Bonchev–Trinajstić information content (AvgIpc) is 2.80. The third-order valence-electron chi connectivity index (χ3n) is 2.19. The van der Waals surface area contributed by atoms with Crippen LogP contribution in [0.4, 0.5) is 13.2 Å². The lowest BCUT2D eigenvalue weighted by Gasteiger charge is -2.09. The number of hydroxylamine groups is 1. The van der Waals surface area contributed by atoms with Crippen molar-refractivity contribution >= 4 is 27.5 Å². The van der Waals surface area contributed by atoms with E-state index in [-0.39, 0.29) is 0 Å². The fourth-order valence-electron chi connectivity index (χ4n) is 1.39. The molecule has 6 nitrogen and oxygen atoms in total. The lowest BCUT2D eigenvalue weighted by Crippen LogP contribution is -2.34. The smallest absolute Gasteiger partial charge is 0.289 e. The van der Waals surface area contributed by atoms with Gasteiger partial charge in [-0.2, -0.15) is 13.2 Å². The Bertz CT molecular complexity index is 679. The van der Waals surface area contributed by atoms with Gasteiger partial charge in [0, 0.05) is 0 Å². The van der Waals surface area contributed by atoms with E-state index in [1.807, 2.05) is 0 Å². The first kappa shape index (κ1) is 14.5. The predicted molar refractivity (Wildman–Crippen MR) is 64.0 cm³/mol. The summed E-state index contributed by atoms with van der Waals surface area (Å²) in [7, 11) is 0. The third kappa shape index (κ3) is 3.54.